The van der Waals surface area contributed by atoms with Crippen LogP contribution in [-0.2, 0) is 25.0 Å². The lowest BCUT2D eigenvalue weighted by atomic mass is 9.92. The first-order chi connectivity index (χ1) is 19.0. The van der Waals surface area contributed by atoms with Crippen LogP contribution in [0.1, 0.15) is 18.4 Å². The Morgan fingerprint density at radius 3 is 2.77 bits per heavy atom. The maximum Gasteiger partial charge on any atom is 0.417 e. The summed E-state index contributed by atoms with van der Waals surface area (Å²) in [7, 11) is 2.74. The molecule has 3 aromatic rings. The number of aliphatic hydroxyl groups is 1. The summed E-state index contributed by atoms with van der Waals surface area (Å²) >= 11 is 6.62. The normalized spacial score (nSPS) is 19.9. The standard InChI is InChI=1S/C24H22ClF3N8O4/c1-35-10-11(24(26,27)28)7-12(22(35)38)33-23-34-20-19(36(23)2)17(25)16(9-32-20)39-15(8-29)18-21(31-6-5-30-18)40-14-4-3-13(14)37/h5-10,13-14,29-30,37H,3-4H2,1-2H3,(H,32,33,34)/b18-15+,29-8?/t13-,14-/m1/s1. The molecule has 0 bridgehead atoms. The van der Waals surface area contributed by atoms with E-state index in [2.05, 4.69) is 25.6 Å². The maximum absolute atomic E-state index is 13.3. The largest absolute Gasteiger partial charge is 0.470 e. The van der Waals surface area contributed by atoms with Gasteiger partial charge in [-0.3, -0.25) is 4.79 Å². The molecule has 0 amide bonds. The van der Waals surface area contributed by atoms with Crippen molar-refractivity contribution in [2.75, 3.05) is 5.32 Å². The van der Waals surface area contributed by atoms with Gasteiger partial charge in [-0.1, -0.05) is 11.6 Å². The van der Waals surface area contributed by atoms with Crippen LogP contribution in [0.15, 0.2) is 52.1 Å². The van der Waals surface area contributed by atoms with Crippen LogP contribution in [0.4, 0.5) is 24.8 Å². The molecule has 5 rings (SSSR count). The Balaban J connectivity index is 1.48. The van der Waals surface area contributed by atoms with Crippen molar-refractivity contribution in [3.8, 4) is 5.75 Å². The van der Waals surface area contributed by atoms with Crippen LogP contribution in [0.3, 0.4) is 0 Å². The van der Waals surface area contributed by atoms with E-state index in [1.54, 1.807) is 0 Å². The van der Waals surface area contributed by atoms with Crippen LogP contribution in [0.25, 0.3) is 11.2 Å². The van der Waals surface area contributed by atoms with E-state index < -0.39 is 29.5 Å². The number of aliphatic imine (C=N–C) groups is 1. The molecule has 40 heavy (non-hydrogen) atoms. The number of hydrogen-bond acceptors (Lipinski definition) is 10. The number of aromatic nitrogens is 4. The van der Waals surface area contributed by atoms with Crippen molar-refractivity contribution in [1.29, 1.82) is 5.41 Å². The number of pyridine rings is 2. The monoisotopic (exact) mass is 578 g/mol. The molecule has 210 valence electrons. The van der Waals surface area contributed by atoms with Crippen LogP contribution in [0.2, 0.25) is 5.02 Å². The Kier molecular flexibility index (Phi) is 7.01. The zero-order valence-corrected chi connectivity index (χ0v) is 21.7. The minimum atomic E-state index is -4.66. The predicted octanol–water partition coefficient (Wildman–Crippen LogP) is 3.34. The minimum absolute atomic E-state index is 0.00423. The zero-order valence-electron chi connectivity index (χ0n) is 21.0. The van der Waals surface area contributed by atoms with Crippen molar-refractivity contribution in [3.05, 3.63) is 63.3 Å². The molecule has 4 N–H and O–H groups in total. The van der Waals surface area contributed by atoms with Gasteiger partial charge in [0.25, 0.3) is 5.56 Å². The van der Waals surface area contributed by atoms with Crippen molar-refractivity contribution in [3.63, 3.8) is 0 Å². The zero-order chi connectivity index (χ0) is 28.8. The second-order valence-electron chi connectivity index (χ2n) is 8.97. The Bertz CT molecular complexity index is 1660. The molecule has 1 aliphatic carbocycles. The number of hydrogen-bond donors (Lipinski definition) is 4. The summed E-state index contributed by atoms with van der Waals surface area (Å²) in [6, 6.07) is 0.698. The van der Waals surface area contributed by atoms with Crippen LogP contribution in [0.5, 0.6) is 5.75 Å². The van der Waals surface area contributed by atoms with E-state index in [-0.39, 0.29) is 50.9 Å². The first kappa shape index (κ1) is 27.2. The number of imidazole rings is 1. The number of ether oxygens (including phenoxy) is 2. The van der Waals surface area contributed by atoms with Crippen molar-refractivity contribution < 1.29 is 27.8 Å². The van der Waals surface area contributed by atoms with Crippen molar-refractivity contribution in [1.82, 2.24) is 24.4 Å². The molecule has 1 fully saturated rings. The van der Waals surface area contributed by atoms with Gasteiger partial charge < -0.3 is 39.8 Å². The highest BCUT2D eigenvalue weighted by atomic mass is 35.5. The van der Waals surface area contributed by atoms with E-state index in [0.717, 1.165) is 10.8 Å². The highest BCUT2D eigenvalue weighted by molar-refractivity contribution is 6.36. The Labute approximate surface area is 228 Å². The van der Waals surface area contributed by atoms with Crippen molar-refractivity contribution in [2.45, 2.75) is 31.2 Å². The van der Waals surface area contributed by atoms with E-state index in [0.29, 0.717) is 25.1 Å². The lowest BCUT2D eigenvalue weighted by Crippen LogP contribution is -2.42. The fourth-order valence-electron chi connectivity index (χ4n) is 3.99. The predicted molar refractivity (Wildman–Crippen MR) is 140 cm³/mol. The molecule has 2 aliphatic rings. The summed E-state index contributed by atoms with van der Waals surface area (Å²) in [6.45, 7) is 0. The Morgan fingerprint density at radius 1 is 1.35 bits per heavy atom. The van der Waals surface area contributed by atoms with Crippen molar-refractivity contribution in [2.24, 2.45) is 19.1 Å². The molecule has 12 nitrogen and oxygen atoms in total. The molecule has 2 atom stereocenters. The molecular weight excluding hydrogens is 557 g/mol. The lowest BCUT2D eigenvalue weighted by molar-refractivity contribution is -0.138. The number of rotatable bonds is 6. The SMILES string of the molecule is Cn1cc(C(F)(F)F)cc(Nc2nc3ncc(O/C(C=N)=C4/NC=CN=C4O[C@@H]4CC[C@H]4O)c(Cl)c3n2C)c1=O. The molecule has 3 aromatic heterocycles. The summed E-state index contributed by atoms with van der Waals surface area (Å²) in [5.74, 6) is 0.131. The van der Waals surface area contributed by atoms with Gasteiger partial charge in [-0.15, -0.1) is 0 Å². The quantitative estimate of drug-likeness (QED) is 0.257. The molecule has 1 aliphatic heterocycles. The third-order valence-electron chi connectivity index (χ3n) is 6.31. The van der Waals surface area contributed by atoms with Gasteiger partial charge in [0.1, 0.15) is 28.0 Å². The first-order valence-electron chi connectivity index (χ1n) is 11.8. The Hall–Kier alpha value is -4.37. The molecule has 1 saturated carbocycles. The fraction of sp³-hybridized carbons (Fsp3) is 0.292. The second kappa shape index (κ2) is 10.3. The Morgan fingerprint density at radius 2 is 2.12 bits per heavy atom. The number of anilines is 2. The van der Waals surface area contributed by atoms with Gasteiger partial charge in [-0.05, 0) is 18.9 Å². The van der Waals surface area contributed by atoms with E-state index in [4.69, 9.17) is 26.5 Å². The number of nitrogens with zero attached hydrogens (tertiary/aromatic N) is 5. The fourth-order valence-corrected chi connectivity index (χ4v) is 4.29. The number of allylic oxidation sites excluding steroid dienone is 1. The average Bonchev–Trinajstić information content (AvgIpc) is 3.23. The summed E-state index contributed by atoms with van der Waals surface area (Å²) < 4.78 is 53.8. The summed E-state index contributed by atoms with van der Waals surface area (Å²) in [4.78, 5) is 25.2. The summed E-state index contributed by atoms with van der Waals surface area (Å²) in [5.41, 5.74) is -1.47. The van der Waals surface area contributed by atoms with Gasteiger partial charge in [0.2, 0.25) is 11.8 Å². The van der Waals surface area contributed by atoms with Gasteiger partial charge in [0, 0.05) is 32.7 Å². The molecule has 0 saturated heterocycles. The molecule has 0 radical (unpaired) electrons. The number of alkyl halides is 3. The maximum atomic E-state index is 13.3. The average molecular weight is 579 g/mol. The molecule has 0 unspecified atom stereocenters. The summed E-state index contributed by atoms with van der Waals surface area (Å²) in [5, 5.41) is 23.3. The third-order valence-corrected chi connectivity index (χ3v) is 6.67. The molecular formula is C24H22ClF3N8O4. The first-order valence-corrected chi connectivity index (χ1v) is 12.2. The molecule has 0 aromatic carbocycles. The van der Waals surface area contributed by atoms with Crippen LogP contribution in [-0.4, -0.2) is 48.5 Å². The number of fused-ring (bicyclic) bond motifs is 1. The van der Waals surface area contributed by atoms with E-state index >= 15 is 0 Å². The van der Waals surface area contributed by atoms with E-state index in [9.17, 15) is 23.1 Å². The smallest absolute Gasteiger partial charge is 0.417 e. The second-order valence-corrected chi connectivity index (χ2v) is 9.34. The van der Waals surface area contributed by atoms with Gasteiger partial charge >= 0.3 is 6.18 Å². The van der Waals surface area contributed by atoms with Crippen LogP contribution < -0.4 is 20.9 Å². The van der Waals surface area contributed by atoms with E-state index in [1.165, 1.54) is 37.3 Å². The molecule has 0 spiro atoms. The number of nitrogens with one attached hydrogen (secondary N) is 3. The van der Waals surface area contributed by atoms with E-state index in [1.807, 2.05) is 0 Å². The van der Waals surface area contributed by atoms with Gasteiger partial charge in [-0.2, -0.15) is 18.2 Å². The topological polar surface area (TPSA) is 152 Å². The third kappa shape index (κ3) is 5.00. The highest BCUT2D eigenvalue weighted by Crippen LogP contribution is 2.35. The summed E-state index contributed by atoms with van der Waals surface area (Å²) in [6.07, 6.45) is 1.37. The number of aliphatic hydroxyl groups excluding tert-OH is 1. The minimum Gasteiger partial charge on any atom is -0.470 e. The van der Waals surface area contributed by atoms with Crippen LogP contribution >= 0.6 is 11.6 Å². The van der Waals surface area contributed by atoms with Gasteiger partial charge in [0.15, 0.2) is 17.2 Å². The number of aryl methyl sites for hydroxylation is 2. The highest BCUT2D eigenvalue weighted by Gasteiger charge is 2.34. The van der Waals surface area contributed by atoms with Crippen LogP contribution in [0, 0.1) is 5.41 Å². The number of halogens is 4. The van der Waals surface area contributed by atoms with Gasteiger partial charge in [-0.25, -0.2) is 9.98 Å². The molecule has 16 heteroatoms. The lowest BCUT2D eigenvalue weighted by Gasteiger charge is -2.33. The van der Waals surface area contributed by atoms with Gasteiger partial charge in [0.05, 0.1) is 24.1 Å². The van der Waals surface area contributed by atoms with Crippen molar-refractivity contribution >= 4 is 46.5 Å². The molecule has 4 heterocycles.